The molecule has 1 saturated heterocycles. The highest BCUT2D eigenvalue weighted by atomic mass is 32.2. The molecule has 4 rings (SSSR count). The number of aromatic nitrogens is 2. The van der Waals surface area contributed by atoms with Gasteiger partial charge >= 0.3 is 0 Å². The van der Waals surface area contributed by atoms with Crippen molar-refractivity contribution >= 4 is 20.9 Å². The number of nitrogens with zero attached hydrogens (tertiary/aromatic N) is 3. The van der Waals surface area contributed by atoms with E-state index in [0.717, 1.165) is 22.2 Å². The van der Waals surface area contributed by atoms with E-state index in [4.69, 9.17) is 0 Å². The second kappa shape index (κ2) is 7.39. The minimum atomic E-state index is -3.54. The average molecular weight is 412 g/mol. The van der Waals surface area contributed by atoms with E-state index in [2.05, 4.69) is 4.98 Å². The van der Waals surface area contributed by atoms with Crippen LogP contribution in [0.25, 0.3) is 10.9 Å². The van der Waals surface area contributed by atoms with Gasteiger partial charge in [-0.25, -0.2) is 13.4 Å². The first-order chi connectivity index (χ1) is 13.8. The third-order valence-electron chi connectivity index (χ3n) is 5.78. The van der Waals surface area contributed by atoms with Crippen molar-refractivity contribution in [2.45, 2.75) is 44.6 Å². The molecule has 0 N–H and O–H groups in total. The van der Waals surface area contributed by atoms with Crippen LogP contribution in [0.2, 0.25) is 0 Å². The van der Waals surface area contributed by atoms with Gasteiger partial charge in [-0.3, -0.25) is 9.36 Å². The molecular weight excluding hydrogens is 386 g/mol. The van der Waals surface area contributed by atoms with Crippen molar-refractivity contribution in [1.82, 2.24) is 13.9 Å². The lowest BCUT2D eigenvalue weighted by molar-refractivity contribution is 0.269. The van der Waals surface area contributed by atoms with Crippen molar-refractivity contribution in [2.75, 3.05) is 13.1 Å². The smallest absolute Gasteiger partial charge is 0.261 e. The summed E-state index contributed by atoms with van der Waals surface area (Å²) in [5.41, 5.74) is 3.44. The molecule has 7 heteroatoms. The Bertz CT molecular complexity index is 1240. The monoisotopic (exact) mass is 411 g/mol. The van der Waals surface area contributed by atoms with E-state index in [1.54, 1.807) is 23.0 Å². The van der Waals surface area contributed by atoms with Crippen LogP contribution in [0.5, 0.6) is 0 Å². The van der Waals surface area contributed by atoms with Crippen LogP contribution < -0.4 is 5.56 Å². The number of aryl methyl sites for hydroxylation is 3. The fourth-order valence-electron chi connectivity index (χ4n) is 4.16. The summed E-state index contributed by atoms with van der Waals surface area (Å²) in [7, 11) is -3.54. The highest BCUT2D eigenvalue weighted by molar-refractivity contribution is 7.89. The summed E-state index contributed by atoms with van der Waals surface area (Å²) < 4.78 is 29.4. The number of rotatable bonds is 3. The normalized spacial score (nSPS) is 16.4. The van der Waals surface area contributed by atoms with Gasteiger partial charge in [-0.1, -0.05) is 29.8 Å². The highest BCUT2D eigenvalue weighted by Crippen LogP contribution is 2.28. The maximum absolute atomic E-state index is 13.1. The molecule has 0 aliphatic carbocycles. The second-order valence-electron chi connectivity index (χ2n) is 7.83. The van der Waals surface area contributed by atoms with E-state index >= 15 is 0 Å². The van der Waals surface area contributed by atoms with Crippen LogP contribution in [0.15, 0.2) is 52.4 Å². The topological polar surface area (TPSA) is 72.3 Å². The molecule has 1 fully saturated rings. The van der Waals surface area contributed by atoms with Crippen LogP contribution in [0.4, 0.5) is 0 Å². The number of benzene rings is 2. The van der Waals surface area contributed by atoms with Crippen molar-refractivity contribution in [1.29, 1.82) is 0 Å². The van der Waals surface area contributed by atoms with Crippen LogP contribution in [0.3, 0.4) is 0 Å². The van der Waals surface area contributed by atoms with Crippen molar-refractivity contribution in [2.24, 2.45) is 0 Å². The summed E-state index contributed by atoms with van der Waals surface area (Å²) >= 11 is 0. The first kappa shape index (κ1) is 19.8. The Balaban J connectivity index is 1.58. The van der Waals surface area contributed by atoms with Crippen molar-refractivity contribution in [3.05, 3.63) is 69.8 Å². The summed E-state index contributed by atoms with van der Waals surface area (Å²) in [6.45, 7) is 6.49. The minimum absolute atomic E-state index is 0.0505. The van der Waals surface area contributed by atoms with Crippen LogP contribution >= 0.6 is 0 Å². The molecule has 0 bridgehead atoms. The van der Waals surface area contributed by atoms with Gasteiger partial charge in [0.05, 0.1) is 22.1 Å². The predicted molar refractivity (Wildman–Crippen MR) is 114 cm³/mol. The van der Waals surface area contributed by atoms with Crippen LogP contribution in [0.1, 0.15) is 35.6 Å². The Morgan fingerprint density at radius 2 is 1.72 bits per heavy atom. The summed E-state index contributed by atoms with van der Waals surface area (Å²) in [4.78, 5) is 17.8. The van der Waals surface area contributed by atoms with Gasteiger partial charge in [0.15, 0.2) is 0 Å². The Hall–Kier alpha value is -2.51. The van der Waals surface area contributed by atoms with Gasteiger partial charge in [0, 0.05) is 19.1 Å². The first-order valence-electron chi connectivity index (χ1n) is 9.83. The zero-order chi connectivity index (χ0) is 20.8. The van der Waals surface area contributed by atoms with E-state index in [1.807, 2.05) is 45.0 Å². The van der Waals surface area contributed by atoms with E-state index in [9.17, 15) is 13.2 Å². The molecule has 1 aromatic heterocycles. The number of hydrogen-bond acceptors (Lipinski definition) is 4. The molecule has 6 nitrogen and oxygen atoms in total. The summed E-state index contributed by atoms with van der Waals surface area (Å²) in [5.74, 6) is 0. The maximum atomic E-state index is 13.1. The molecule has 3 aromatic rings. The highest BCUT2D eigenvalue weighted by Gasteiger charge is 2.31. The minimum Gasteiger partial charge on any atom is -0.296 e. The molecule has 2 heterocycles. The number of piperidine rings is 1. The van der Waals surface area contributed by atoms with Crippen LogP contribution in [0, 0.1) is 20.8 Å². The molecule has 0 amide bonds. The van der Waals surface area contributed by atoms with E-state index < -0.39 is 10.0 Å². The van der Waals surface area contributed by atoms with Gasteiger partial charge in [-0.2, -0.15) is 4.31 Å². The lowest BCUT2D eigenvalue weighted by Crippen LogP contribution is -2.41. The van der Waals surface area contributed by atoms with Gasteiger partial charge in [0.2, 0.25) is 10.0 Å². The Morgan fingerprint density at radius 3 is 2.41 bits per heavy atom. The fraction of sp³-hybridized carbons (Fsp3) is 0.364. The zero-order valence-corrected chi connectivity index (χ0v) is 17.7. The fourth-order valence-corrected chi connectivity index (χ4v) is 5.84. The molecule has 1 aliphatic rings. The van der Waals surface area contributed by atoms with Gasteiger partial charge in [0.1, 0.15) is 0 Å². The standard InChI is InChI=1S/C22H25N3O3S/c1-15-7-8-20(17(3)13-15)29(27,28)24-11-9-18(10-12-24)25-14-23-21-16(2)5-4-6-19(21)22(25)26/h4-8,13-14,18H,9-12H2,1-3H3. The second-order valence-corrected chi connectivity index (χ2v) is 9.74. The lowest BCUT2D eigenvalue weighted by Gasteiger charge is -2.32. The third kappa shape index (κ3) is 3.49. The maximum Gasteiger partial charge on any atom is 0.261 e. The van der Waals surface area contributed by atoms with E-state index in [1.165, 1.54) is 4.31 Å². The largest absolute Gasteiger partial charge is 0.296 e. The van der Waals surface area contributed by atoms with Crippen LogP contribution in [-0.4, -0.2) is 35.4 Å². The molecule has 0 spiro atoms. The van der Waals surface area contributed by atoms with E-state index in [0.29, 0.717) is 36.2 Å². The predicted octanol–water partition coefficient (Wildman–Crippen LogP) is 3.35. The quantitative estimate of drug-likeness (QED) is 0.663. The SMILES string of the molecule is Cc1ccc(S(=O)(=O)N2CCC(n3cnc4c(C)cccc4c3=O)CC2)c(C)c1. The van der Waals surface area contributed by atoms with Crippen molar-refractivity contribution < 1.29 is 8.42 Å². The van der Waals surface area contributed by atoms with Crippen molar-refractivity contribution in [3.63, 3.8) is 0 Å². The number of para-hydroxylation sites is 1. The average Bonchev–Trinajstić information content (AvgIpc) is 2.69. The van der Waals surface area contributed by atoms with Crippen LogP contribution in [-0.2, 0) is 10.0 Å². The number of fused-ring (bicyclic) bond motifs is 1. The summed E-state index contributed by atoms with van der Waals surface area (Å²) in [5, 5.41) is 0.609. The van der Waals surface area contributed by atoms with Gasteiger partial charge in [-0.15, -0.1) is 0 Å². The molecule has 0 radical (unpaired) electrons. The van der Waals surface area contributed by atoms with Crippen molar-refractivity contribution in [3.8, 4) is 0 Å². The van der Waals surface area contributed by atoms with Gasteiger partial charge in [-0.05, 0) is 56.9 Å². The summed E-state index contributed by atoms with van der Waals surface area (Å²) in [6, 6.07) is 11.0. The molecule has 0 saturated carbocycles. The molecule has 29 heavy (non-hydrogen) atoms. The molecular formula is C22H25N3O3S. The Labute approximate surface area is 170 Å². The molecule has 0 unspecified atom stereocenters. The Morgan fingerprint density at radius 1 is 1.00 bits per heavy atom. The lowest BCUT2D eigenvalue weighted by atomic mass is 10.1. The number of hydrogen-bond donors (Lipinski definition) is 0. The third-order valence-corrected chi connectivity index (χ3v) is 7.84. The Kier molecular flexibility index (Phi) is 5.04. The molecule has 152 valence electrons. The molecule has 0 atom stereocenters. The number of sulfonamides is 1. The molecule has 1 aliphatic heterocycles. The first-order valence-corrected chi connectivity index (χ1v) is 11.3. The van der Waals surface area contributed by atoms with Gasteiger partial charge in [0.25, 0.3) is 5.56 Å². The summed E-state index contributed by atoms with van der Waals surface area (Å²) in [6.07, 6.45) is 2.78. The van der Waals surface area contributed by atoms with E-state index in [-0.39, 0.29) is 11.6 Å². The zero-order valence-electron chi connectivity index (χ0n) is 16.9. The molecule has 2 aromatic carbocycles. The van der Waals surface area contributed by atoms with Gasteiger partial charge < -0.3 is 0 Å².